The van der Waals surface area contributed by atoms with Crippen LogP contribution in [0.1, 0.15) is 25.7 Å². The molecule has 0 unspecified atom stereocenters. The van der Waals surface area contributed by atoms with Gasteiger partial charge in [0, 0.05) is 6.21 Å². The van der Waals surface area contributed by atoms with Gasteiger partial charge in [-0.05, 0) is 50.0 Å². The second kappa shape index (κ2) is 7.26. The lowest BCUT2D eigenvalue weighted by atomic mass is 9.91. The lowest BCUT2D eigenvalue weighted by molar-refractivity contribution is 0.0152. The highest BCUT2D eigenvalue weighted by atomic mass is 19.3. The van der Waals surface area contributed by atoms with E-state index in [9.17, 15) is 8.78 Å². The predicted octanol–water partition coefficient (Wildman–Crippen LogP) is 2.46. The van der Waals surface area contributed by atoms with Crippen molar-refractivity contribution in [3.8, 4) is 0 Å². The Morgan fingerprint density at radius 2 is 2.11 bits per heavy atom. The number of rotatable bonds is 6. The van der Waals surface area contributed by atoms with Crippen molar-refractivity contribution in [3.63, 3.8) is 0 Å². The number of allylic oxidation sites excluding steroid dienone is 1. The van der Waals surface area contributed by atoms with E-state index < -0.39 is 12.5 Å². The van der Waals surface area contributed by atoms with Crippen LogP contribution in [0.25, 0.3) is 0 Å². The Balaban J connectivity index is 2.51. The largest absolute Gasteiger partial charge is 0.404 e. The normalized spacial score (nSPS) is 19.3. The molecule has 0 saturated carbocycles. The van der Waals surface area contributed by atoms with Crippen molar-refractivity contribution < 1.29 is 8.78 Å². The number of nitrogens with two attached hydrogens (primary N) is 1. The number of nitrogens with one attached hydrogen (secondary N) is 1. The Bertz CT molecular complexity index is 318. The molecular formula is C13H21F2N3. The zero-order chi connectivity index (χ0) is 13.4. The zero-order valence-electron chi connectivity index (χ0n) is 10.5. The van der Waals surface area contributed by atoms with Gasteiger partial charge in [0.05, 0.1) is 6.42 Å². The molecule has 3 nitrogen and oxygen atoms in total. The molecule has 0 aliphatic carbocycles. The Morgan fingerprint density at radius 3 is 2.67 bits per heavy atom. The van der Waals surface area contributed by atoms with E-state index in [4.69, 9.17) is 5.73 Å². The fourth-order valence-electron chi connectivity index (χ4n) is 1.99. The monoisotopic (exact) mass is 257 g/mol. The third-order valence-corrected chi connectivity index (χ3v) is 3.01. The van der Waals surface area contributed by atoms with E-state index in [0.29, 0.717) is 17.9 Å². The summed E-state index contributed by atoms with van der Waals surface area (Å²) in [5.74, 6) is 0.500. The third-order valence-electron chi connectivity index (χ3n) is 3.01. The van der Waals surface area contributed by atoms with Crippen LogP contribution < -0.4 is 11.1 Å². The van der Waals surface area contributed by atoms with E-state index in [1.54, 1.807) is 0 Å². The van der Waals surface area contributed by atoms with E-state index in [2.05, 4.69) is 16.9 Å². The number of aliphatic imine (C=N–C) groups is 1. The molecule has 1 aliphatic heterocycles. The number of halogens is 2. The molecule has 18 heavy (non-hydrogen) atoms. The molecule has 1 aliphatic rings. The standard InChI is InChI=1S/C13H21F2N3/c1-2-5-13(14,15)18-10-12(9-16)8-11-3-6-17-7-4-11/h2,9-11,17H,1,3-8,16H2. The molecule has 1 rings (SSSR count). The van der Waals surface area contributed by atoms with Gasteiger partial charge in [-0.15, -0.1) is 6.58 Å². The molecule has 1 fully saturated rings. The topological polar surface area (TPSA) is 50.4 Å². The summed E-state index contributed by atoms with van der Waals surface area (Å²) in [6.45, 7) is 5.24. The molecule has 1 saturated heterocycles. The molecule has 0 amide bonds. The van der Waals surface area contributed by atoms with Crippen molar-refractivity contribution in [2.45, 2.75) is 31.7 Å². The zero-order valence-corrected chi connectivity index (χ0v) is 10.5. The molecule has 0 spiro atoms. The quantitative estimate of drug-likeness (QED) is 0.436. The van der Waals surface area contributed by atoms with Crippen LogP contribution in [0.3, 0.4) is 0 Å². The summed E-state index contributed by atoms with van der Waals surface area (Å²) in [4.78, 5) is 3.29. The number of hydrogen-bond donors (Lipinski definition) is 2. The van der Waals surface area contributed by atoms with Crippen LogP contribution in [0.15, 0.2) is 29.4 Å². The van der Waals surface area contributed by atoms with Gasteiger partial charge in [0.25, 0.3) is 0 Å². The minimum absolute atomic E-state index is 0.450. The first-order chi connectivity index (χ1) is 8.57. The molecule has 0 radical (unpaired) electrons. The van der Waals surface area contributed by atoms with E-state index in [1.807, 2.05) is 0 Å². The van der Waals surface area contributed by atoms with Gasteiger partial charge < -0.3 is 11.1 Å². The average molecular weight is 257 g/mol. The molecule has 1 heterocycles. The van der Waals surface area contributed by atoms with Crippen LogP contribution in [-0.4, -0.2) is 25.4 Å². The molecule has 3 N–H and O–H groups in total. The van der Waals surface area contributed by atoms with Gasteiger partial charge in [0.1, 0.15) is 0 Å². The summed E-state index contributed by atoms with van der Waals surface area (Å²) >= 11 is 0. The predicted molar refractivity (Wildman–Crippen MR) is 70.7 cm³/mol. The first kappa shape index (κ1) is 14.8. The van der Waals surface area contributed by atoms with Gasteiger partial charge in [0.15, 0.2) is 0 Å². The molecule has 0 aromatic rings. The average Bonchev–Trinajstić information content (AvgIpc) is 2.35. The Labute approximate surface area is 107 Å². The first-order valence-electron chi connectivity index (χ1n) is 6.23. The van der Waals surface area contributed by atoms with Gasteiger partial charge in [-0.2, -0.15) is 8.78 Å². The molecule has 102 valence electrons. The highest BCUT2D eigenvalue weighted by Gasteiger charge is 2.24. The number of nitrogens with zero attached hydrogens (tertiary/aromatic N) is 1. The number of piperidine rings is 1. The summed E-state index contributed by atoms with van der Waals surface area (Å²) < 4.78 is 26.3. The molecule has 0 aromatic heterocycles. The van der Waals surface area contributed by atoms with Crippen molar-refractivity contribution in [2.75, 3.05) is 13.1 Å². The van der Waals surface area contributed by atoms with Crippen LogP contribution in [-0.2, 0) is 0 Å². The van der Waals surface area contributed by atoms with Gasteiger partial charge in [-0.1, -0.05) is 6.08 Å². The van der Waals surface area contributed by atoms with Crippen LogP contribution in [0.2, 0.25) is 0 Å². The van der Waals surface area contributed by atoms with Gasteiger partial charge in [-0.25, -0.2) is 4.99 Å². The third kappa shape index (κ3) is 5.40. The second-order valence-corrected chi connectivity index (χ2v) is 4.56. The summed E-state index contributed by atoms with van der Waals surface area (Å²) in [6, 6.07) is -3.08. The fourth-order valence-corrected chi connectivity index (χ4v) is 1.99. The SMILES string of the molecule is C=CCC(F)(F)N=CC(=CN)CC1CCNCC1. The molecular weight excluding hydrogens is 236 g/mol. The maximum Gasteiger partial charge on any atom is 0.345 e. The minimum atomic E-state index is -3.08. The Hall–Kier alpha value is -1.23. The van der Waals surface area contributed by atoms with Crippen molar-refractivity contribution in [1.29, 1.82) is 0 Å². The summed E-state index contributed by atoms with van der Waals surface area (Å²) in [5.41, 5.74) is 6.13. The van der Waals surface area contributed by atoms with E-state index in [0.717, 1.165) is 32.0 Å². The summed E-state index contributed by atoms with van der Waals surface area (Å²) in [7, 11) is 0. The first-order valence-corrected chi connectivity index (χ1v) is 6.23. The minimum Gasteiger partial charge on any atom is -0.404 e. The van der Waals surface area contributed by atoms with Gasteiger partial charge in [0.2, 0.25) is 0 Å². The van der Waals surface area contributed by atoms with E-state index >= 15 is 0 Å². The maximum absolute atomic E-state index is 13.2. The van der Waals surface area contributed by atoms with Crippen LogP contribution in [0.4, 0.5) is 8.78 Å². The van der Waals surface area contributed by atoms with Crippen LogP contribution >= 0.6 is 0 Å². The molecule has 0 aromatic carbocycles. The molecule has 0 bridgehead atoms. The highest BCUT2D eigenvalue weighted by Crippen LogP contribution is 2.22. The number of alkyl halides is 2. The van der Waals surface area contributed by atoms with Gasteiger partial charge in [-0.3, -0.25) is 0 Å². The Morgan fingerprint density at radius 1 is 1.44 bits per heavy atom. The lowest BCUT2D eigenvalue weighted by Crippen LogP contribution is -2.28. The van der Waals surface area contributed by atoms with Crippen LogP contribution in [0.5, 0.6) is 0 Å². The van der Waals surface area contributed by atoms with E-state index in [1.165, 1.54) is 12.4 Å². The highest BCUT2D eigenvalue weighted by molar-refractivity contribution is 5.78. The number of hydrogen-bond acceptors (Lipinski definition) is 3. The summed E-state index contributed by atoms with van der Waals surface area (Å²) in [5, 5.41) is 3.26. The fraction of sp³-hybridized carbons (Fsp3) is 0.615. The second-order valence-electron chi connectivity index (χ2n) is 4.56. The maximum atomic E-state index is 13.2. The van der Waals surface area contributed by atoms with Crippen LogP contribution in [0, 0.1) is 5.92 Å². The van der Waals surface area contributed by atoms with Crippen molar-refractivity contribution >= 4 is 6.21 Å². The van der Waals surface area contributed by atoms with Crippen molar-refractivity contribution in [2.24, 2.45) is 16.6 Å². The lowest BCUT2D eigenvalue weighted by Gasteiger charge is -2.22. The summed E-state index contributed by atoms with van der Waals surface area (Å²) in [6.07, 6.45) is 6.10. The van der Waals surface area contributed by atoms with E-state index in [-0.39, 0.29) is 0 Å². The molecule has 0 atom stereocenters. The molecule has 5 heteroatoms. The van der Waals surface area contributed by atoms with Gasteiger partial charge >= 0.3 is 6.05 Å². The van der Waals surface area contributed by atoms with Crippen molar-refractivity contribution in [3.05, 3.63) is 24.4 Å². The van der Waals surface area contributed by atoms with Crippen molar-refractivity contribution in [1.82, 2.24) is 5.32 Å². The smallest absolute Gasteiger partial charge is 0.345 e. The Kier molecular flexibility index (Phi) is 5.98.